The van der Waals surface area contributed by atoms with E-state index in [4.69, 9.17) is 4.74 Å². The monoisotopic (exact) mass is 390 g/mol. The molecule has 2 aromatic carbocycles. The van der Waals surface area contributed by atoms with Crippen LogP contribution in [0.5, 0.6) is 5.75 Å². The second kappa shape index (κ2) is 8.49. The van der Waals surface area contributed by atoms with E-state index in [1.54, 1.807) is 18.0 Å². The maximum absolute atomic E-state index is 13.4. The van der Waals surface area contributed by atoms with Crippen molar-refractivity contribution < 1.29 is 9.53 Å². The third-order valence-electron chi connectivity index (χ3n) is 5.57. The van der Waals surface area contributed by atoms with Crippen LogP contribution in [0.2, 0.25) is 0 Å². The van der Waals surface area contributed by atoms with Crippen molar-refractivity contribution in [2.45, 2.75) is 24.8 Å². The van der Waals surface area contributed by atoms with Crippen LogP contribution in [0, 0.1) is 0 Å². The molecule has 0 atom stereocenters. The molecule has 1 fully saturated rings. The van der Waals surface area contributed by atoms with Gasteiger partial charge in [-0.05, 0) is 55.8 Å². The van der Waals surface area contributed by atoms with Gasteiger partial charge in [0.2, 0.25) is 0 Å². The number of carbonyl (C=O) groups is 1. The van der Waals surface area contributed by atoms with E-state index < -0.39 is 5.54 Å². The average Bonchev–Trinajstić information content (AvgIpc) is 3.31. The van der Waals surface area contributed by atoms with Crippen LogP contribution in [-0.4, -0.2) is 35.9 Å². The van der Waals surface area contributed by atoms with Crippen molar-refractivity contribution >= 4 is 11.6 Å². The molecular weight excluding hydrogens is 364 g/mol. The van der Waals surface area contributed by atoms with Crippen molar-refractivity contribution in [1.82, 2.24) is 15.1 Å². The molecule has 0 spiro atoms. The Balaban J connectivity index is 1.59. The van der Waals surface area contributed by atoms with E-state index in [-0.39, 0.29) is 5.91 Å². The number of hydrogen-bond acceptors (Lipinski definition) is 4. The zero-order valence-electron chi connectivity index (χ0n) is 16.6. The lowest BCUT2D eigenvalue weighted by Gasteiger charge is -2.36. The molecule has 2 N–H and O–H groups in total. The number of methoxy groups -OCH3 is 1. The lowest BCUT2D eigenvalue weighted by molar-refractivity contribution is -0.126. The fraction of sp³-hybridized carbons (Fsp3) is 0.304. The van der Waals surface area contributed by atoms with Gasteiger partial charge in [0.25, 0.3) is 5.91 Å². The van der Waals surface area contributed by atoms with E-state index in [0.29, 0.717) is 12.8 Å². The third-order valence-corrected chi connectivity index (χ3v) is 5.57. The number of nitrogens with zero attached hydrogens (tertiary/aromatic N) is 2. The molecule has 4 rings (SSSR count). The molecule has 0 unspecified atom stereocenters. The number of amides is 1. The molecule has 1 aliphatic heterocycles. The summed E-state index contributed by atoms with van der Waals surface area (Å²) >= 11 is 0. The van der Waals surface area contributed by atoms with E-state index >= 15 is 0 Å². The number of piperidine rings is 1. The van der Waals surface area contributed by atoms with Crippen molar-refractivity contribution in [2.24, 2.45) is 0 Å². The van der Waals surface area contributed by atoms with E-state index in [0.717, 1.165) is 36.5 Å². The van der Waals surface area contributed by atoms with Crippen LogP contribution in [-0.2, 0) is 16.8 Å². The topological polar surface area (TPSA) is 68.2 Å². The molecule has 0 bridgehead atoms. The van der Waals surface area contributed by atoms with E-state index in [1.165, 1.54) is 5.56 Å². The molecule has 1 aliphatic rings. The maximum atomic E-state index is 13.4. The van der Waals surface area contributed by atoms with Gasteiger partial charge in [0.15, 0.2) is 0 Å². The molecule has 0 aliphatic carbocycles. The zero-order chi connectivity index (χ0) is 20.1. The van der Waals surface area contributed by atoms with Crippen molar-refractivity contribution in [3.8, 4) is 5.75 Å². The lowest BCUT2D eigenvalue weighted by atomic mass is 9.87. The van der Waals surface area contributed by atoms with Gasteiger partial charge in [0.1, 0.15) is 11.3 Å². The first kappa shape index (κ1) is 19.2. The van der Waals surface area contributed by atoms with E-state index in [1.807, 2.05) is 48.7 Å². The third kappa shape index (κ3) is 4.03. The van der Waals surface area contributed by atoms with E-state index in [9.17, 15) is 4.79 Å². The van der Waals surface area contributed by atoms with Crippen LogP contribution in [0.1, 0.15) is 24.0 Å². The predicted molar refractivity (Wildman–Crippen MR) is 113 cm³/mol. The summed E-state index contributed by atoms with van der Waals surface area (Å²) in [5.41, 5.74) is 2.33. The minimum Gasteiger partial charge on any atom is -0.496 e. The maximum Gasteiger partial charge on any atom is 0.252 e. The second-order valence-corrected chi connectivity index (χ2v) is 7.38. The summed E-state index contributed by atoms with van der Waals surface area (Å²) < 4.78 is 7.34. The highest BCUT2D eigenvalue weighted by Gasteiger charge is 2.42. The summed E-state index contributed by atoms with van der Waals surface area (Å²) in [7, 11) is 1.67. The average molecular weight is 390 g/mol. The molecule has 6 heteroatoms. The van der Waals surface area contributed by atoms with Gasteiger partial charge in [-0.25, -0.2) is 0 Å². The van der Waals surface area contributed by atoms with Gasteiger partial charge in [-0.3, -0.25) is 9.48 Å². The minimum atomic E-state index is -0.672. The molecule has 3 aromatic rings. The Bertz CT molecular complexity index is 948. The Kier molecular flexibility index (Phi) is 5.62. The summed E-state index contributed by atoms with van der Waals surface area (Å²) in [6.07, 6.45) is 5.74. The number of ether oxygens (including phenoxy) is 1. The smallest absolute Gasteiger partial charge is 0.252 e. The first-order valence-electron chi connectivity index (χ1n) is 9.94. The molecule has 2 heterocycles. The number of aromatic nitrogens is 2. The van der Waals surface area contributed by atoms with Crippen LogP contribution in [0.4, 0.5) is 5.69 Å². The van der Waals surface area contributed by atoms with Crippen LogP contribution in [0.3, 0.4) is 0 Å². The molecule has 29 heavy (non-hydrogen) atoms. The van der Waals surface area contributed by atoms with Gasteiger partial charge < -0.3 is 15.4 Å². The largest absolute Gasteiger partial charge is 0.496 e. The van der Waals surface area contributed by atoms with Crippen LogP contribution in [0.25, 0.3) is 0 Å². The number of anilines is 1. The normalized spacial score (nSPS) is 15.6. The molecule has 150 valence electrons. The van der Waals surface area contributed by atoms with Gasteiger partial charge in [-0.15, -0.1) is 0 Å². The molecule has 1 saturated heterocycles. The van der Waals surface area contributed by atoms with Gasteiger partial charge in [-0.1, -0.05) is 30.3 Å². The standard InChI is InChI=1S/C23H26N4O2/c1-29-21-9-8-20(17-19(21)16-18-6-3-2-4-7-18)26-22(28)23(10-13-24-14-11-23)27-15-5-12-25-27/h2-9,12,15,17,24H,10-11,13-14,16H2,1H3,(H,26,28). The summed E-state index contributed by atoms with van der Waals surface area (Å²) in [5.74, 6) is 0.786. The highest BCUT2D eigenvalue weighted by molar-refractivity contribution is 5.97. The van der Waals surface area contributed by atoms with Gasteiger partial charge >= 0.3 is 0 Å². The SMILES string of the molecule is COc1ccc(NC(=O)C2(n3cccn3)CCNCC2)cc1Cc1ccccc1. The first-order valence-corrected chi connectivity index (χ1v) is 9.94. The Morgan fingerprint density at radius 2 is 1.97 bits per heavy atom. The predicted octanol–water partition coefficient (Wildman–Crippen LogP) is 3.20. The Hall–Kier alpha value is -3.12. The fourth-order valence-corrected chi connectivity index (χ4v) is 3.98. The first-order chi connectivity index (χ1) is 14.2. The van der Waals surface area contributed by atoms with Crippen molar-refractivity contribution in [2.75, 3.05) is 25.5 Å². The molecular formula is C23H26N4O2. The number of nitrogens with one attached hydrogen (secondary N) is 2. The summed E-state index contributed by atoms with van der Waals surface area (Å²) in [6, 6.07) is 17.9. The molecule has 0 saturated carbocycles. The van der Waals surface area contributed by atoms with Crippen LogP contribution < -0.4 is 15.4 Å². The molecule has 1 amide bonds. The molecule has 1 aromatic heterocycles. The number of rotatable bonds is 6. The summed E-state index contributed by atoms with van der Waals surface area (Å²) in [6.45, 7) is 1.57. The van der Waals surface area contributed by atoms with Gasteiger partial charge in [-0.2, -0.15) is 5.10 Å². The lowest BCUT2D eigenvalue weighted by Crippen LogP contribution is -2.52. The highest BCUT2D eigenvalue weighted by Crippen LogP contribution is 2.30. The molecule has 6 nitrogen and oxygen atoms in total. The van der Waals surface area contributed by atoms with Crippen LogP contribution in [0.15, 0.2) is 67.0 Å². The van der Waals surface area contributed by atoms with Crippen molar-refractivity contribution in [3.63, 3.8) is 0 Å². The summed E-state index contributed by atoms with van der Waals surface area (Å²) in [5, 5.41) is 10.9. The quantitative estimate of drug-likeness (QED) is 0.678. The van der Waals surface area contributed by atoms with Gasteiger partial charge in [0, 0.05) is 30.1 Å². The number of benzene rings is 2. The van der Waals surface area contributed by atoms with Crippen LogP contribution >= 0.6 is 0 Å². The molecule has 0 radical (unpaired) electrons. The summed E-state index contributed by atoms with van der Waals surface area (Å²) in [4.78, 5) is 13.4. The number of hydrogen-bond donors (Lipinski definition) is 2. The van der Waals surface area contributed by atoms with Crippen molar-refractivity contribution in [3.05, 3.63) is 78.1 Å². The minimum absolute atomic E-state index is 0.0291. The van der Waals surface area contributed by atoms with E-state index in [2.05, 4.69) is 27.9 Å². The fourth-order valence-electron chi connectivity index (χ4n) is 3.98. The Morgan fingerprint density at radius 1 is 1.17 bits per heavy atom. The number of carbonyl (C=O) groups excluding carboxylic acids is 1. The zero-order valence-corrected chi connectivity index (χ0v) is 16.6. The van der Waals surface area contributed by atoms with Gasteiger partial charge in [0.05, 0.1) is 7.11 Å². The second-order valence-electron chi connectivity index (χ2n) is 7.38. The highest BCUT2D eigenvalue weighted by atomic mass is 16.5. The Morgan fingerprint density at radius 3 is 2.66 bits per heavy atom. The van der Waals surface area contributed by atoms with Crippen molar-refractivity contribution in [1.29, 1.82) is 0 Å². The Labute approximate surface area is 170 Å².